The summed E-state index contributed by atoms with van der Waals surface area (Å²) in [7, 11) is -3.04. The van der Waals surface area contributed by atoms with Crippen LogP contribution in [0.2, 0.25) is 0 Å². The van der Waals surface area contributed by atoms with Gasteiger partial charge in [0.25, 0.3) is 0 Å². The second kappa shape index (κ2) is 5.20. The highest BCUT2D eigenvalue weighted by Crippen LogP contribution is 2.26. The van der Waals surface area contributed by atoms with Crippen molar-refractivity contribution in [3.63, 3.8) is 0 Å². The Balaban J connectivity index is 2.24. The average Bonchev–Trinajstić information content (AvgIpc) is 2.70. The molecule has 1 unspecified atom stereocenters. The maximum absolute atomic E-state index is 11.6. The molecule has 2 heterocycles. The van der Waals surface area contributed by atoms with Crippen molar-refractivity contribution in [1.82, 2.24) is 9.55 Å². The third-order valence-corrected chi connectivity index (χ3v) is 4.94. The van der Waals surface area contributed by atoms with E-state index in [1.165, 1.54) is 6.33 Å². The maximum Gasteiger partial charge on any atom is 0.360 e. The lowest BCUT2D eigenvalue weighted by atomic mass is 10.2. The van der Waals surface area contributed by atoms with Gasteiger partial charge in [0.1, 0.15) is 5.82 Å². The average molecular weight is 287 g/mol. The van der Waals surface area contributed by atoms with E-state index in [0.29, 0.717) is 12.8 Å². The van der Waals surface area contributed by atoms with Gasteiger partial charge in [-0.1, -0.05) is 0 Å². The SMILES string of the molecule is CCOC(=O)c1ncn(C2CCCS(=O)(=O)C2)c1N. The standard InChI is InChI=1S/C11H17N3O4S/c1-2-18-11(15)9-10(12)14(7-13-9)8-4-3-5-19(16,17)6-8/h7-8H,2-6,12H2,1H3. The number of aromatic nitrogens is 2. The molecule has 0 spiro atoms. The quantitative estimate of drug-likeness (QED) is 0.806. The minimum atomic E-state index is -3.04. The third kappa shape index (κ3) is 2.89. The molecule has 1 saturated heterocycles. The van der Waals surface area contributed by atoms with Crippen molar-refractivity contribution in [2.24, 2.45) is 0 Å². The molecule has 2 rings (SSSR count). The van der Waals surface area contributed by atoms with Crippen LogP contribution in [-0.4, -0.2) is 42.1 Å². The summed E-state index contributed by atoms with van der Waals surface area (Å²) >= 11 is 0. The number of carbonyl (C=O) groups excluding carboxylic acids is 1. The highest BCUT2D eigenvalue weighted by Gasteiger charge is 2.28. The monoisotopic (exact) mass is 287 g/mol. The highest BCUT2D eigenvalue weighted by molar-refractivity contribution is 7.91. The number of hydrogen-bond donors (Lipinski definition) is 1. The van der Waals surface area contributed by atoms with Crippen molar-refractivity contribution in [1.29, 1.82) is 0 Å². The van der Waals surface area contributed by atoms with Gasteiger partial charge in [0.15, 0.2) is 15.5 Å². The molecule has 1 atom stereocenters. The maximum atomic E-state index is 11.6. The van der Waals surface area contributed by atoms with Crippen molar-refractivity contribution >= 4 is 21.6 Å². The van der Waals surface area contributed by atoms with Crippen LogP contribution in [0.5, 0.6) is 0 Å². The number of nitrogen functional groups attached to an aromatic ring is 1. The van der Waals surface area contributed by atoms with Crippen LogP contribution in [0.4, 0.5) is 5.82 Å². The molecule has 0 bridgehead atoms. The lowest BCUT2D eigenvalue weighted by Gasteiger charge is -2.23. The molecule has 1 fully saturated rings. The number of anilines is 1. The topological polar surface area (TPSA) is 104 Å². The van der Waals surface area contributed by atoms with Crippen molar-refractivity contribution in [3.8, 4) is 0 Å². The van der Waals surface area contributed by atoms with Crippen LogP contribution in [0.1, 0.15) is 36.3 Å². The first-order valence-electron chi connectivity index (χ1n) is 6.14. The van der Waals surface area contributed by atoms with Gasteiger partial charge >= 0.3 is 5.97 Å². The Morgan fingerprint density at radius 2 is 2.37 bits per heavy atom. The zero-order valence-corrected chi connectivity index (χ0v) is 11.5. The van der Waals surface area contributed by atoms with Crippen LogP contribution >= 0.6 is 0 Å². The molecule has 1 aliphatic rings. The Morgan fingerprint density at radius 1 is 1.63 bits per heavy atom. The number of rotatable bonds is 3. The molecule has 0 radical (unpaired) electrons. The summed E-state index contributed by atoms with van der Waals surface area (Å²) in [6.07, 6.45) is 2.72. The molecule has 1 aromatic heterocycles. The Kier molecular flexibility index (Phi) is 3.79. The molecule has 106 valence electrons. The summed E-state index contributed by atoms with van der Waals surface area (Å²) in [5.41, 5.74) is 5.90. The van der Waals surface area contributed by atoms with Gasteiger partial charge in [0, 0.05) is 0 Å². The summed E-state index contributed by atoms with van der Waals surface area (Å²) in [4.78, 5) is 15.5. The zero-order chi connectivity index (χ0) is 14.0. The number of ether oxygens (including phenoxy) is 1. The number of hydrogen-bond acceptors (Lipinski definition) is 6. The third-order valence-electron chi connectivity index (χ3n) is 3.13. The van der Waals surface area contributed by atoms with Gasteiger partial charge in [-0.3, -0.25) is 0 Å². The van der Waals surface area contributed by atoms with E-state index in [1.807, 2.05) is 0 Å². The van der Waals surface area contributed by atoms with Gasteiger partial charge < -0.3 is 15.0 Å². The van der Waals surface area contributed by atoms with Gasteiger partial charge in [-0.05, 0) is 19.8 Å². The lowest BCUT2D eigenvalue weighted by Crippen LogP contribution is -2.28. The lowest BCUT2D eigenvalue weighted by molar-refractivity contribution is 0.0521. The Bertz CT molecular complexity index is 579. The van der Waals surface area contributed by atoms with Gasteiger partial charge in [-0.25, -0.2) is 18.2 Å². The normalized spacial score (nSPS) is 22.1. The molecule has 7 nitrogen and oxygen atoms in total. The predicted octanol–water partition coefficient (Wildman–Crippen LogP) is 0.392. The molecule has 0 aromatic carbocycles. The number of sulfone groups is 1. The molecular formula is C11H17N3O4S. The summed E-state index contributed by atoms with van der Waals surface area (Å²) in [5.74, 6) is -0.170. The van der Waals surface area contributed by atoms with E-state index in [4.69, 9.17) is 10.5 Å². The minimum absolute atomic E-state index is 0.0375. The molecular weight excluding hydrogens is 270 g/mol. The molecule has 1 aromatic rings. The van der Waals surface area contributed by atoms with Crippen molar-refractivity contribution in [2.75, 3.05) is 23.8 Å². The van der Waals surface area contributed by atoms with E-state index < -0.39 is 15.8 Å². The smallest absolute Gasteiger partial charge is 0.360 e. The largest absolute Gasteiger partial charge is 0.461 e. The highest BCUT2D eigenvalue weighted by atomic mass is 32.2. The van der Waals surface area contributed by atoms with Gasteiger partial charge in [-0.2, -0.15) is 0 Å². The van der Waals surface area contributed by atoms with Crippen LogP contribution in [-0.2, 0) is 14.6 Å². The summed E-state index contributed by atoms with van der Waals surface area (Å²) in [6, 6.07) is -0.255. The van der Waals surface area contributed by atoms with Gasteiger partial charge in [-0.15, -0.1) is 0 Å². The minimum Gasteiger partial charge on any atom is -0.461 e. The fraction of sp³-hybridized carbons (Fsp3) is 0.636. The van der Waals surface area contributed by atoms with Crippen LogP contribution in [0.15, 0.2) is 6.33 Å². The second-order valence-corrected chi connectivity index (χ2v) is 6.75. The fourth-order valence-corrected chi connectivity index (χ4v) is 3.92. The number of imidazole rings is 1. The fourth-order valence-electron chi connectivity index (χ4n) is 2.24. The van der Waals surface area contributed by atoms with Crippen molar-refractivity contribution in [3.05, 3.63) is 12.0 Å². The Hall–Kier alpha value is -1.57. The molecule has 0 aliphatic carbocycles. The first-order valence-corrected chi connectivity index (χ1v) is 7.96. The first-order chi connectivity index (χ1) is 8.94. The summed E-state index contributed by atoms with van der Waals surface area (Å²) in [5, 5.41) is 0. The zero-order valence-electron chi connectivity index (χ0n) is 10.7. The predicted molar refractivity (Wildman–Crippen MR) is 69.5 cm³/mol. The van der Waals surface area contributed by atoms with E-state index >= 15 is 0 Å². The molecule has 19 heavy (non-hydrogen) atoms. The molecule has 0 saturated carbocycles. The van der Waals surface area contributed by atoms with Crippen LogP contribution in [0, 0.1) is 0 Å². The van der Waals surface area contributed by atoms with E-state index in [1.54, 1.807) is 11.5 Å². The number of esters is 1. The van der Waals surface area contributed by atoms with Gasteiger partial charge in [0.05, 0.1) is 30.5 Å². The second-order valence-electron chi connectivity index (χ2n) is 4.52. The number of nitrogens with zero attached hydrogens (tertiary/aromatic N) is 2. The summed E-state index contributed by atoms with van der Waals surface area (Å²) < 4.78 is 29.6. The summed E-state index contributed by atoms with van der Waals surface area (Å²) in [6.45, 7) is 1.93. The first kappa shape index (κ1) is 13.9. The van der Waals surface area contributed by atoms with Crippen LogP contribution < -0.4 is 5.73 Å². The van der Waals surface area contributed by atoms with Crippen LogP contribution in [0.3, 0.4) is 0 Å². The Morgan fingerprint density at radius 3 is 3.00 bits per heavy atom. The number of carbonyl (C=O) groups is 1. The van der Waals surface area contributed by atoms with Crippen molar-refractivity contribution in [2.45, 2.75) is 25.8 Å². The van der Waals surface area contributed by atoms with E-state index in [9.17, 15) is 13.2 Å². The molecule has 2 N–H and O–H groups in total. The molecule has 1 aliphatic heterocycles. The molecule has 8 heteroatoms. The Labute approximate surface area is 111 Å². The molecule has 0 amide bonds. The van der Waals surface area contributed by atoms with E-state index in [0.717, 1.165) is 0 Å². The van der Waals surface area contributed by atoms with E-state index in [-0.39, 0.29) is 35.7 Å². The van der Waals surface area contributed by atoms with Crippen LogP contribution in [0.25, 0.3) is 0 Å². The van der Waals surface area contributed by atoms with E-state index in [2.05, 4.69) is 4.98 Å². The number of nitrogens with two attached hydrogens (primary N) is 1. The van der Waals surface area contributed by atoms with Crippen molar-refractivity contribution < 1.29 is 17.9 Å². The van der Waals surface area contributed by atoms with Gasteiger partial charge in [0.2, 0.25) is 0 Å².